The Labute approximate surface area is 139 Å². The molecule has 3 rings (SSSR count). The summed E-state index contributed by atoms with van der Waals surface area (Å²) in [6.45, 7) is 0. The molecule has 2 saturated carbocycles. The van der Waals surface area contributed by atoms with Gasteiger partial charge >= 0.3 is 0 Å². The van der Waals surface area contributed by atoms with Crippen LogP contribution in [-0.4, -0.2) is 29.8 Å². The summed E-state index contributed by atoms with van der Waals surface area (Å²) >= 11 is 26.9. The molecule has 6 heteroatoms. The Hall–Kier alpha value is 0.820. The second-order valence-electron chi connectivity index (χ2n) is 5.93. The molecule has 3 aliphatic rings. The predicted octanol–water partition coefficient (Wildman–Crippen LogP) is 4.84. The zero-order chi connectivity index (χ0) is 14.8. The number of fused-ring (bicyclic) bond motifs is 5. The van der Waals surface area contributed by atoms with E-state index in [1.807, 2.05) is 0 Å². The zero-order valence-corrected chi connectivity index (χ0v) is 14.5. The van der Waals surface area contributed by atoms with Crippen LogP contribution >= 0.6 is 46.4 Å². The van der Waals surface area contributed by atoms with Crippen molar-refractivity contribution in [2.45, 2.75) is 47.6 Å². The van der Waals surface area contributed by atoms with Gasteiger partial charge in [-0.1, -0.05) is 42.5 Å². The lowest BCUT2D eigenvalue weighted by Gasteiger charge is -2.41. The minimum atomic E-state index is -1.20. The maximum atomic E-state index is 6.99. The van der Waals surface area contributed by atoms with Crippen molar-refractivity contribution in [3.63, 3.8) is 0 Å². The van der Waals surface area contributed by atoms with Gasteiger partial charge in [-0.05, 0) is 24.7 Å². The van der Waals surface area contributed by atoms with Gasteiger partial charge in [0.05, 0.1) is 10.1 Å². The number of hydrogen-bond donors (Lipinski definition) is 0. The number of alkyl halides is 2. The van der Waals surface area contributed by atoms with Gasteiger partial charge in [0.25, 0.3) is 0 Å². The summed E-state index contributed by atoms with van der Waals surface area (Å²) in [5.74, 6) is -0.956. The highest BCUT2D eigenvalue weighted by Gasteiger charge is 2.83. The summed E-state index contributed by atoms with van der Waals surface area (Å²) in [5.41, 5.74) is 0. The van der Waals surface area contributed by atoms with E-state index in [4.69, 9.17) is 55.9 Å². The average Bonchev–Trinajstić information content (AvgIpc) is 2.68. The summed E-state index contributed by atoms with van der Waals surface area (Å²) in [6.07, 6.45) is 5.37. The second-order valence-corrected chi connectivity index (χ2v) is 7.88. The van der Waals surface area contributed by atoms with Gasteiger partial charge in [-0.2, -0.15) is 0 Å². The SMILES string of the molecule is COC1(OC)[C@@]2(Cl)C(Cl)=C(Cl)[C@]1(Cl)[C@H]1CCCCC[C@@H]12. The first kappa shape index (κ1) is 15.7. The van der Waals surface area contributed by atoms with Gasteiger partial charge in [-0.25, -0.2) is 0 Å². The van der Waals surface area contributed by atoms with Gasteiger partial charge in [0.2, 0.25) is 5.79 Å². The van der Waals surface area contributed by atoms with Crippen LogP contribution in [0.3, 0.4) is 0 Å². The third kappa shape index (κ3) is 1.42. The van der Waals surface area contributed by atoms with E-state index in [-0.39, 0.29) is 11.8 Å². The number of rotatable bonds is 2. The lowest BCUT2D eigenvalue weighted by molar-refractivity contribution is -0.220. The molecule has 0 saturated heterocycles. The van der Waals surface area contributed by atoms with E-state index in [9.17, 15) is 0 Å². The van der Waals surface area contributed by atoms with Crippen molar-refractivity contribution in [3.8, 4) is 0 Å². The zero-order valence-electron chi connectivity index (χ0n) is 11.5. The fourth-order valence-electron chi connectivity index (χ4n) is 4.62. The highest BCUT2D eigenvalue weighted by molar-refractivity contribution is 6.52. The molecule has 0 N–H and O–H groups in total. The van der Waals surface area contributed by atoms with Crippen molar-refractivity contribution >= 4 is 46.4 Å². The van der Waals surface area contributed by atoms with E-state index >= 15 is 0 Å². The second kappa shape index (κ2) is 4.91. The summed E-state index contributed by atoms with van der Waals surface area (Å²) in [5, 5.41) is 0.783. The first-order valence-electron chi connectivity index (χ1n) is 6.96. The van der Waals surface area contributed by atoms with Crippen molar-refractivity contribution in [2.75, 3.05) is 14.2 Å². The molecule has 2 bridgehead atoms. The molecule has 20 heavy (non-hydrogen) atoms. The molecule has 0 radical (unpaired) electrons. The molecule has 0 amide bonds. The molecule has 0 aromatic heterocycles. The third-order valence-electron chi connectivity index (χ3n) is 5.40. The minimum Gasteiger partial charge on any atom is -0.350 e. The molecule has 0 heterocycles. The van der Waals surface area contributed by atoms with Crippen LogP contribution in [0.1, 0.15) is 32.1 Å². The van der Waals surface area contributed by atoms with E-state index in [2.05, 4.69) is 0 Å². The number of halogens is 4. The molecule has 0 unspecified atom stereocenters. The van der Waals surface area contributed by atoms with E-state index in [1.54, 1.807) is 14.2 Å². The van der Waals surface area contributed by atoms with E-state index in [1.165, 1.54) is 6.42 Å². The van der Waals surface area contributed by atoms with Crippen LogP contribution in [0.5, 0.6) is 0 Å². The molecule has 2 fully saturated rings. The fraction of sp³-hybridized carbons (Fsp3) is 0.857. The lowest BCUT2D eigenvalue weighted by atomic mass is 9.79. The third-order valence-corrected chi connectivity index (χ3v) is 8.10. The Kier molecular flexibility index (Phi) is 3.85. The summed E-state index contributed by atoms with van der Waals surface area (Å²) < 4.78 is 11.4. The topological polar surface area (TPSA) is 18.5 Å². The van der Waals surface area contributed by atoms with Crippen LogP contribution in [0.2, 0.25) is 0 Å². The standard InChI is InChI=1S/C14H18Cl4O2/c1-19-14(20-2)12(17)8-6-4-3-5-7-9(8)13(14,18)11(16)10(12)15/h8-9H,3-7H2,1-2H3/t8-,9-,12-,13+/m0/s1. The van der Waals surface area contributed by atoms with E-state index < -0.39 is 15.5 Å². The summed E-state index contributed by atoms with van der Waals surface area (Å²) in [4.78, 5) is -1.99. The van der Waals surface area contributed by atoms with Gasteiger partial charge in [-0.3, -0.25) is 0 Å². The van der Waals surface area contributed by atoms with Gasteiger partial charge < -0.3 is 9.47 Å². The van der Waals surface area contributed by atoms with Crippen LogP contribution in [0, 0.1) is 11.8 Å². The summed E-state index contributed by atoms with van der Waals surface area (Å²) in [7, 11) is 3.12. The highest BCUT2D eigenvalue weighted by atomic mass is 35.5. The van der Waals surface area contributed by atoms with Crippen molar-refractivity contribution in [1.29, 1.82) is 0 Å². The Morgan fingerprint density at radius 1 is 0.850 bits per heavy atom. The van der Waals surface area contributed by atoms with Crippen LogP contribution in [0.4, 0.5) is 0 Å². The van der Waals surface area contributed by atoms with Crippen molar-refractivity contribution in [2.24, 2.45) is 11.8 Å². The van der Waals surface area contributed by atoms with Crippen LogP contribution in [0.15, 0.2) is 10.1 Å². The normalized spacial score (nSPS) is 46.5. The highest BCUT2D eigenvalue weighted by Crippen LogP contribution is 2.75. The monoisotopic (exact) mass is 358 g/mol. The minimum absolute atomic E-state index is 0.124. The fourth-order valence-corrected chi connectivity index (χ4v) is 6.91. The number of hydrogen-bond acceptors (Lipinski definition) is 2. The smallest absolute Gasteiger partial charge is 0.217 e. The Morgan fingerprint density at radius 2 is 1.25 bits per heavy atom. The lowest BCUT2D eigenvalue weighted by Crippen LogP contribution is -2.57. The van der Waals surface area contributed by atoms with E-state index in [0.717, 1.165) is 25.7 Å². The Balaban J connectivity index is 2.24. The molecule has 114 valence electrons. The first-order chi connectivity index (χ1) is 9.41. The average molecular weight is 360 g/mol. The molecule has 0 aromatic rings. The number of ether oxygens (including phenoxy) is 2. The van der Waals surface area contributed by atoms with Crippen LogP contribution < -0.4 is 0 Å². The number of methoxy groups -OCH3 is 2. The molecule has 0 aliphatic heterocycles. The molecular formula is C14H18Cl4O2. The molecule has 0 spiro atoms. The molecular weight excluding hydrogens is 342 g/mol. The van der Waals surface area contributed by atoms with Crippen molar-refractivity contribution < 1.29 is 9.47 Å². The van der Waals surface area contributed by atoms with Gasteiger partial charge in [0.15, 0.2) is 0 Å². The van der Waals surface area contributed by atoms with Crippen LogP contribution in [0.25, 0.3) is 0 Å². The van der Waals surface area contributed by atoms with E-state index in [0.29, 0.717) is 10.1 Å². The molecule has 4 atom stereocenters. The molecule has 3 aliphatic carbocycles. The maximum absolute atomic E-state index is 6.99. The molecule has 2 nitrogen and oxygen atoms in total. The predicted molar refractivity (Wildman–Crippen MR) is 82.7 cm³/mol. The maximum Gasteiger partial charge on any atom is 0.217 e. The summed E-state index contributed by atoms with van der Waals surface area (Å²) in [6, 6.07) is 0. The first-order valence-corrected chi connectivity index (χ1v) is 8.47. The molecule has 0 aromatic carbocycles. The van der Waals surface area contributed by atoms with Crippen molar-refractivity contribution in [1.82, 2.24) is 0 Å². The van der Waals surface area contributed by atoms with Gasteiger partial charge in [0.1, 0.15) is 9.75 Å². The Bertz CT molecular complexity index is 426. The quantitative estimate of drug-likeness (QED) is 0.518. The van der Waals surface area contributed by atoms with Gasteiger partial charge in [0, 0.05) is 14.2 Å². The van der Waals surface area contributed by atoms with Gasteiger partial charge in [-0.15, -0.1) is 23.2 Å². The van der Waals surface area contributed by atoms with Crippen molar-refractivity contribution in [3.05, 3.63) is 10.1 Å². The Morgan fingerprint density at radius 3 is 1.60 bits per heavy atom. The largest absolute Gasteiger partial charge is 0.350 e. The van der Waals surface area contributed by atoms with Crippen LogP contribution in [-0.2, 0) is 9.47 Å².